The lowest BCUT2D eigenvalue weighted by molar-refractivity contribution is -0.135. The highest BCUT2D eigenvalue weighted by atomic mass is 16.2. The summed E-state index contributed by atoms with van der Waals surface area (Å²) in [6.07, 6.45) is 2.10. The minimum absolute atomic E-state index is 0.0708. The summed E-state index contributed by atoms with van der Waals surface area (Å²) in [7, 11) is 0. The number of piperazine rings is 1. The predicted octanol–water partition coefficient (Wildman–Crippen LogP) is 2.42. The van der Waals surface area contributed by atoms with Crippen LogP contribution < -0.4 is 4.90 Å². The molecule has 1 aromatic heterocycles. The maximum atomic E-state index is 13.3. The number of carbonyl (C=O) groups is 1. The van der Waals surface area contributed by atoms with E-state index in [4.69, 9.17) is 0 Å². The zero-order chi connectivity index (χ0) is 20.2. The summed E-state index contributed by atoms with van der Waals surface area (Å²) in [5, 5.41) is 11.5. The molecule has 0 bridgehead atoms. The lowest BCUT2D eigenvalue weighted by atomic mass is 10.0. The maximum absolute atomic E-state index is 13.3. The van der Waals surface area contributed by atoms with Crippen molar-refractivity contribution < 1.29 is 4.79 Å². The Bertz CT molecular complexity index is 949. The van der Waals surface area contributed by atoms with Crippen molar-refractivity contribution in [3.8, 4) is 0 Å². The first-order valence-electron chi connectivity index (χ1n) is 9.99. The van der Waals surface area contributed by atoms with Crippen molar-refractivity contribution in [3.05, 3.63) is 71.5 Å². The van der Waals surface area contributed by atoms with Crippen molar-refractivity contribution in [1.82, 2.24) is 25.1 Å². The van der Waals surface area contributed by atoms with E-state index in [1.165, 1.54) is 23.1 Å². The van der Waals surface area contributed by atoms with E-state index in [9.17, 15) is 4.79 Å². The van der Waals surface area contributed by atoms with E-state index in [2.05, 4.69) is 52.5 Å². The minimum Gasteiger partial charge on any atom is -0.368 e. The molecule has 2 heterocycles. The molecular weight excluding hydrogens is 364 g/mol. The summed E-state index contributed by atoms with van der Waals surface area (Å²) in [5.74, 6) is 0.0708. The number of anilines is 1. The fourth-order valence-electron chi connectivity index (χ4n) is 3.98. The van der Waals surface area contributed by atoms with Gasteiger partial charge in [-0.25, -0.2) is 4.68 Å². The van der Waals surface area contributed by atoms with E-state index in [-0.39, 0.29) is 5.91 Å². The molecule has 0 N–H and O–H groups in total. The molecule has 0 unspecified atom stereocenters. The second-order valence-electron chi connectivity index (χ2n) is 7.60. The Morgan fingerprint density at radius 1 is 1.03 bits per heavy atom. The van der Waals surface area contributed by atoms with Crippen molar-refractivity contribution in [1.29, 1.82) is 0 Å². The smallest absolute Gasteiger partial charge is 0.248 e. The van der Waals surface area contributed by atoms with Gasteiger partial charge in [-0.1, -0.05) is 48.0 Å². The number of carbonyl (C=O) groups excluding carboxylic acids is 1. The van der Waals surface area contributed by atoms with Gasteiger partial charge in [0.2, 0.25) is 5.91 Å². The number of aromatic nitrogens is 4. The molecule has 7 heteroatoms. The first kappa shape index (κ1) is 19.1. The van der Waals surface area contributed by atoms with Gasteiger partial charge in [0.15, 0.2) is 0 Å². The van der Waals surface area contributed by atoms with Crippen LogP contribution in [0.3, 0.4) is 0 Å². The van der Waals surface area contributed by atoms with Gasteiger partial charge >= 0.3 is 0 Å². The first-order valence-corrected chi connectivity index (χ1v) is 9.99. The molecule has 1 aliphatic rings. The zero-order valence-electron chi connectivity index (χ0n) is 16.9. The van der Waals surface area contributed by atoms with Crippen LogP contribution in [0.4, 0.5) is 5.69 Å². The fraction of sp³-hybridized carbons (Fsp3) is 0.364. The van der Waals surface area contributed by atoms with Crippen LogP contribution in [-0.2, 0) is 11.2 Å². The molecule has 4 rings (SSSR count). The number of nitrogens with zero attached hydrogens (tertiary/aromatic N) is 6. The SMILES string of the molecule is Cc1ccc(N2CCN(C(=O)[C@@H](Cc3ccccc3)n3cnnn3)CC2)c(C)c1. The summed E-state index contributed by atoms with van der Waals surface area (Å²) in [4.78, 5) is 17.6. The monoisotopic (exact) mass is 390 g/mol. The van der Waals surface area contributed by atoms with E-state index in [1.54, 1.807) is 4.68 Å². The molecule has 7 nitrogen and oxygen atoms in total. The van der Waals surface area contributed by atoms with Gasteiger partial charge in [-0.05, 0) is 41.5 Å². The number of hydrogen-bond donors (Lipinski definition) is 0. The topological polar surface area (TPSA) is 67.2 Å². The predicted molar refractivity (Wildman–Crippen MR) is 112 cm³/mol. The molecule has 1 amide bonds. The van der Waals surface area contributed by atoms with Crippen LogP contribution in [-0.4, -0.2) is 57.2 Å². The summed E-state index contributed by atoms with van der Waals surface area (Å²) in [6, 6.07) is 16.1. The van der Waals surface area contributed by atoms with Crippen molar-refractivity contribution in [3.63, 3.8) is 0 Å². The molecule has 0 spiro atoms. The highest BCUT2D eigenvalue weighted by molar-refractivity contribution is 5.81. The Balaban J connectivity index is 1.46. The van der Waals surface area contributed by atoms with Crippen LogP contribution in [0.2, 0.25) is 0 Å². The summed E-state index contributed by atoms with van der Waals surface area (Å²) in [5.41, 5.74) is 4.89. The van der Waals surface area contributed by atoms with Crippen LogP contribution >= 0.6 is 0 Å². The van der Waals surface area contributed by atoms with Crippen LogP contribution in [0.15, 0.2) is 54.9 Å². The van der Waals surface area contributed by atoms with Gasteiger partial charge in [0.25, 0.3) is 0 Å². The molecule has 29 heavy (non-hydrogen) atoms. The van der Waals surface area contributed by atoms with Gasteiger partial charge in [0.05, 0.1) is 0 Å². The van der Waals surface area contributed by atoms with Crippen LogP contribution in [0, 0.1) is 13.8 Å². The summed E-state index contributed by atoms with van der Waals surface area (Å²) < 4.78 is 1.58. The Hall–Kier alpha value is -3.22. The third-order valence-electron chi connectivity index (χ3n) is 5.53. The number of amides is 1. The summed E-state index contributed by atoms with van der Waals surface area (Å²) >= 11 is 0. The highest BCUT2D eigenvalue weighted by Gasteiger charge is 2.30. The highest BCUT2D eigenvalue weighted by Crippen LogP contribution is 2.24. The third kappa shape index (κ3) is 4.29. The van der Waals surface area contributed by atoms with Gasteiger partial charge in [0.1, 0.15) is 12.4 Å². The van der Waals surface area contributed by atoms with Crippen LogP contribution in [0.5, 0.6) is 0 Å². The normalized spacial score (nSPS) is 15.4. The zero-order valence-corrected chi connectivity index (χ0v) is 16.9. The van der Waals surface area contributed by atoms with Gasteiger partial charge < -0.3 is 9.80 Å². The lowest BCUT2D eigenvalue weighted by Crippen LogP contribution is -2.51. The Morgan fingerprint density at radius 3 is 2.45 bits per heavy atom. The van der Waals surface area contributed by atoms with Gasteiger partial charge in [-0.3, -0.25) is 4.79 Å². The molecule has 0 radical (unpaired) electrons. The van der Waals surface area contributed by atoms with Crippen molar-refractivity contribution in [2.24, 2.45) is 0 Å². The average molecular weight is 390 g/mol. The molecule has 1 aliphatic heterocycles. The van der Waals surface area contributed by atoms with E-state index in [0.29, 0.717) is 19.5 Å². The Kier molecular flexibility index (Phi) is 5.55. The number of tetrazole rings is 1. The minimum atomic E-state index is -0.430. The second-order valence-corrected chi connectivity index (χ2v) is 7.60. The number of hydrogen-bond acceptors (Lipinski definition) is 5. The number of aryl methyl sites for hydroxylation is 2. The molecule has 3 aromatic rings. The lowest BCUT2D eigenvalue weighted by Gasteiger charge is -2.38. The molecule has 0 saturated carbocycles. The molecule has 1 saturated heterocycles. The van der Waals surface area contributed by atoms with Gasteiger partial charge in [0, 0.05) is 38.3 Å². The molecule has 1 atom stereocenters. The molecule has 1 fully saturated rings. The van der Waals surface area contributed by atoms with E-state index < -0.39 is 6.04 Å². The Morgan fingerprint density at radius 2 is 1.79 bits per heavy atom. The fourth-order valence-corrected chi connectivity index (χ4v) is 3.98. The standard InChI is InChI=1S/C22H26N6O/c1-17-8-9-20(18(2)14-17)26-10-12-27(13-11-26)22(29)21(28-16-23-24-25-28)15-19-6-4-3-5-7-19/h3-9,14,16,21H,10-13,15H2,1-2H3/t21-/m1/s1. The van der Waals surface area contributed by atoms with E-state index in [0.717, 1.165) is 18.7 Å². The van der Waals surface area contributed by atoms with Gasteiger partial charge in [-0.15, -0.1) is 5.10 Å². The maximum Gasteiger partial charge on any atom is 0.248 e. The summed E-state index contributed by atoms with van der Waals surface area (Å²) in [6.45, 7) is 7.29. The number of rotatable bonds is 5. The Labute approximate surface area is 170 Å². The van der Waals surface area contributed by atoms with E-state index in [1.807, 2.05) is 35.2 Å². The second kappa shape index (κ2) is 8.43. The molecule has 2 aromatic carbocycles. The molecule has 0 aliphatic carbocycles. The first-order chi connectivity index (χ1) is 14.1. The largest absolute Gasteiger partial charge is 0.368 e. The number of benzene rings is 2. The van der Waals surface area contributed by atoms with Crippen molar-refractivity contribution in [2.45, 2.75) is 26.3 Å². The van der Waals surface area contributed by atoms with Gasteiger partial charge in [-0.2, -0.15) is 0 Å². The van der Waals surface area contributed by atoms with Crippen LogP contribution in [0.25, 0.3) is 0 Å². The molecular formula is C22H26N6O. The van der Waals surface area contributed by atoms with E-state index >= 15 is 0 Å². The molecule has 150 valence electrons. The quantitative estimate of drug-likeness (QED) is 0.669. The average Bonchev–Trinajstić information content (AvgIpc) is 3.27. The van der Waals surface area contributed by atoms with Crippen LogP contribution in [0.1, 0.15) is 22.7 Å². The van der Waals surface area contributed by atoms with Crippen molar-refractivity contribution >= 4 is 11.6 Å². The van der Waals surface area contributed by atoms with Crippen molar-refractivity contribution in [2.75, 3.05) is 31.1 Å². The third-order valence-corrected chi connectivity index (χ3v) is 5.53.